The van der Waals surface area contributed by atoms with Crippen LogP contribution in [0.1, 0.15) is 46.0 Å². The number of hydrogen-bond acceptors (Lipinski definition) is 3. The summed E-state index contributed by atoms with van der Waals surface area (Å²) < 4.78 is 4.75. The van der Waals surface area contributed by atoms with E-state index in [4.69, 9.17) is 4.74 Å². The van der Waals surface area contributed by atoms with Crippen molar-refractivity contribution < 1.29 is 14.6 Å². The van der Waals surface area contributed by atoms with E-state index < -0.39 is 5.60 Å². The summed E-state index contributed by atoms with van der Waals surface area (Å²) in [4.78, 5) is 11.5. The lowest BCUT2D eigenvalue weighted by atomic mass is 9.72. The van der Waals surface area contributed by atoms with Gasteiger partial charge in [-0.1, -0.05) is 13.8 Å². The number of ether oxygens (including phenoxy) is 1. The van der Waals surface area contributed by atoms with E-state index in [-0.39, 0.29) is 11.9 Å². The van der Waals surface area contributed by atoms with Crippen molar-refractivity contribution in [2.45, 2.75) is 51.6 Å². The Bertz CT molecular complexity index is 217. The second-order valence-corrected chi connectivity index (χ2v) is 4.77. The molecule has 88 valence electrons. The van der Waals surface area contributed by atoms with Crippen LogP contribution in [0.3, 0.4) is 0 Å². The van der Waals surface area contributed by atoms with Gasteiger partial charge in [0.05, 0.1) is 18.6 Å². The highest BCUT2D eigenvalue weighted by molar-refractivity contribution is 5.73. The Balaban J connectivity index is 2.70. The first-order chi connectivity index (χ1) is 7.03. The Morgan fingerprint density at radius 3 is 2.47 bits per heavy atom. The van der Waals surface area contributed by atoms with E-state index in [1.165, 1.54) is 7.11 Å². The van der Waals surface area contributed by atoms with Gasteiger partial charge in [-0.05, 0) is 38.0 Å². The molecule has 1 unspecified atom stereocenters. The standard InChI is InChI=1S/C12H22O3/c1-4-10(11(13)15-3)12(14)7-5-9(2)6-8-12/h9-10,14H,4-8H2,1-3H3. The third-order valence-corrected chi connectivity index (χ3v) is 3.68. The quantitative estimate of drug-likeness (QED) is 0.732. The Morgan fingerprint density at radius 2 is 2.07 bits per heavy atom. The van der Waals surface area contributed by atoms with Crippen molar-refractivity contribution in [3.8, 4) is 0 Å². The van der Waals surface area contributed by atoms with Crippen molar-refractivity contribution in [2.24, 2.45) is 11.8 Å². The number of carbonyl (C=O) groups excluding carboxylic acids is 1. The van der Waals surface area contributed by atoms with Gasteiger partial charge in [0, 0.05) is 0 Å². The molecular formula is C12H22O3. The molecular weight excluding hydrogens is 192 g/mol. The van der Waals surface area contributed by atoms with E-state index in [1.54, 1.807) is 0 Å². The Kier molecular flexibility index (Phi) is 4.14. The minimum absolute atomic E-state index is 0.269. The molecule has 3 heteroatoms. The largest absolute Gasteiger partial charge is 0.469 e. The van der Waals surface area contributed by atoms with Crippen LogP contribution in [0.25, 0.3) is 0 Å². The van der Waals surface area contributed by atoms with E-state index >= 15 is 0 Å². The summed E-state index contributed by atoms with van der Waals surface area (Å²) in [6.45, 7) is 4.12. The predicted octanol–water partition coefficient (Wildman–Crippen LogP) is 2.13. The average molecular weight is 214 g/mol. The zero-order valence-corrected chi connectivity index (χ0v) is 9.95. The van der Waals surface area contributed by atoms with Gasteiger partial charge in [-0.3, -0.25) is 4.79 Å². The molecule has 1 fully saturated rings. The lowest BCUT2D eigenvalue weighted by Gasteiger charge is -2.39. The second kappa shape index (κ2) is 4.97. The molecule has 1 aliphatic carbocycles. The highest BCUT2D eigenvalue weighted by atomic mass is 16.5. The summed E-state index contributed by atoms with van der Waals surface area (Å²) in [5, 5.41) is 10.4. The number of methoxy groups -OCH3 is 1. The maximum atomic E-state index is 11.5. The summed E-state index contributed by atoms with van der Waals surface area (Å²) in [5.74, 6) is 0.0463. The smallest absolute Gasteiger partial charge is 0.311 e. The number of hydrogen-bond donors (Lipinski definition) is 1. The third kappa shape index (κ3) is 2.71. The van der Waals surface area contributed by atoms with E-state index in [2.05, 4.69) is 6.92 Å². The Labute approximate surface area is 91.8 Å². The fourth-order valence-electron chi connectivity index (χ4n) is 2.52. The Hall–Kier alpha value is -0.570. The minimum Gasteiger partial charge on any atom is -0.469 e. The van der Waals surface area contributed by atoms with Gasteiger partial charge in [-0.2, -0.15) is 0 Å². The molecule has 1 saturated carbocycles. The zero-order valence-electron chi connectivity index (χ0n) is 9.95. The summed E-state index contributed by atoms with van der Waals surface area (Å²) in [5.41, 5.74) is -0.825. The van der Waals surface area contributed by atoms with E-state index in [1.807, 2.05) is 6.92 Å². The number of carbonyl (C=O) groups is 1. The molecule has 1 atom stereocenters. The molecule has 0 aliphatic heterocycles. The number of esters is 1. The molecule has 3 nitrogen and oxygen atoms in total. The van der Waals surface area contributed by atoms with E-state index in [9.17, 15) is 9.90 Å². The first kappa shape index (κ1) is 12.5. The van der Waals surface area contributed by atoms with Crippen LogP contribution < -0.4 is 0 Å². The van der Waals surface area contributed by atoms with Gasteiger partial charge >= 0.3 is 5.97 Å². The van der Waals surface area contributed by atoms with Gasteiger partial charge in [0.2, 0.25) is 0 Å². The number of aliphatic hydroxyl groups is 1. The van der Waals surface area contributed by atoms with Crippen molar-refractivity contribution in [3.63, 3.8) is 0 Å². The van der Waals surface area contributed by atoms with E-state index in [0.717, 1.165) is 25.7 Å². The van der Waals surface area contributed by atoms with Gasteiger partial charge < -0.3 is 9.84 Å². The lowest BCUT2D eigenvalue weighted by Crippen LogP contribution is -2.45. The molecule has 0 spiro atoms. The SMILES string of the molecule is CCC(C(=O)OC)C1(O)CCC(C)CC1. The van der Waals surface area contributed by atoms with Crippen molar-refractivity contribution in [2.75, 3.05) is 7.11 Å². The van der Waals surface area contributed by atoms with Crippen LogP contribution in [0.5, 0.6) is 0 Å². The summed E-state index contributed by atoms with van der Waals surface area (Å²) >= 11 is 0. The number of rotatable bonds is 3. The van der Waals surface area contributed by atoms with Crippen LogP contribution >= 0.6 is 0 Å². The fraction of sp³-hybridized carbons (Fsp3) is 0.917. The maximum absolute atomic E-state index is 11.5. The molecule has 0 radical (unpaired) electrons. The molecule has 15 heavy (non-hydrogen) atoms. The minimum atomic E-state index is -0.825. The molecule has 1 rings (SSSR count). The molecule has 0 heterocycles. The van der Waals surface area contributed by atoms with Gasteiger partial charge in [0.25, 0.3) is 0 Å². The lowest BCUT2D eigenvalue weighted by molar-refractivity contribution is -0.159. The molecule has 0 aromatic rings. The van der Waals surface area contributed by atoms with Gasteiger partial charge in [-0.25, -0.2) is 0 Å². The summed E-state index contributed by atoms with van der Waals surface area (Å²) in [6.07, 6.45) is 4.11. The first-order valence-corrected chi connectivity index (χ1v) is 5.83. The summed E-state index contributed by atoms with van der Waals surface area (Å²) in [7, 11) is 1.39. The van der Waals surface area contributed by atoms with Crippen LogP contribution in [0, 0.1) is 11.8 Å². The molecule has 0 aromatic carbocycles. The topological polar surface area (TPSA) is 46.5 Å². The van der Waals surface area contributed by atoms with Gasteiger partial charge in [0.15, 0.2) is 0 Å². The van der Waals surface area contributed by atoms with Crippen LogP contribution in [0.4, 0.5) is 0 Å². The summed E-state index contributed by atoms with van der Waals surface area (Å²) in [6, 6.07) is 0. The molecule has 0 amide bonds. The molecule has 1 aliphatic rings. The van der Waals surface area contributed by atoms with Crippen LogP contribution in [-0.4, -0.2) is 23.8 Å². The van der Waals surface area contributed by atoms with Crippen molar-refractivity contribution >= 4 is 5.97 Å². The maximum Gasteiger partial charge on any atom is 0.311 e. The normalized spacial score (nSPS) is 33.5. The molecule has 0 aromatic heterocycles. The van der Waals surface area contributed by atoms with Crippen molar-refractivity contribution in [1.82, 2.24) is 0 Å². The van der Waals surface area contributed by atoms with Gasteiger partial charge in [-0.15, -0.1) is 0 Å². The first-order valence-electron chi connectivity index (χ1n) is 5.83. The fourth-order valence-corrected chi connectivity index (χ4v) is 2.52. The predicted molar refractivity (Wildman–Crippen MR) is 58.4 cm³/mol. The highest BCUT2D eigenvalue weighted by Crippen LogP contribution is 2.38. The van der Waals surface area contributed by atoms with Crippen LogP contribution in [0.15, 0.2) is 0 Å². The van der Waals surface area contributed by atoms with Crippen LogP contribution in [-0.2, 0) is 9.53 Å². The van der Waals surface area contributed by atoms with Crippen molar-refractivity contribution in [1.29, 1.82) is 0 Å². The monoisotopic (exact) mass is 214 g/mol. The average Bonchev–Trinajstić information content (AvgIpc) is 2.23. The molecule has 0 saturated heterocycles. The Morgan fingerprint density at radius 1 is 1.53 bits per heavy atom. The van der Waals surface area contributed by atoms with E-state index in [0.29, 0.717) is 12.3 Å². The van der Waals surface area contributed by atoms with Gasteiger partial charge in [0.1, 0.15) is 0 Å². The second-order valence-electron chi connectivity index (χ2n) is 4.77. The van der Waals surface area contributed by atoms with Crippen molar-refractivity contribution in [3.05, 3.63) is 0 Å². The molecule has 0 bridgehead atoms. The third-order valence-electron chi connectivity index (χ3n) is 3.68. The zero-order chi connectivity index (χ0) is 11.5. The van der Waals surface area contributed by atoms with Crippen LogP contribution in [0.2, 0.25) is 0 Å². The highest BCUT2D eigenvalue weighted by Gasteiger charge is 2.42. The molecule has 1 N–H and O–H groups in total.